The Hall–Kier alpha value is -1.50. The number of carbonyl (C=O) groups excluding carboxylic acids is 1. The molecule has 1 aromatic rings. The number of hydrogen-bond donors (Lipinski definition) is 2. The van der Waals surface area contributed by atoms with Gasteiger partial charge >= 0.3 is 0 Å². The minimum absolute atomic E-state index is 0.0571. The van der Waals surface area contributed by atoms with Crippen LogP contribution in [-0.4, -0.2) is 12.5 Å². The molecule has 0 bridgehead atoms. The zero-order chi connectivity index (χ0) is 14.5. The molecule has 0 aliphatic heterocycles. The molecule has 0 spiro atoms. The molecule has 102 valence electrons. The van der Waals surface area contributed by atoms with Crippen molar-refractivity contribution in [2.24, 2.45) is 11.1 Å². The standard InChI is InChI=1S/C15H19ClN2O/c1-15(2,3)10-14(19)18-13-9-11(5-4-8-17)6-7-12(13)16/h6-7,9H,8,10,17H2,1-3H3,(H,18,19). The molecule has 1 amide bonds. The maximum absolute atomic E-state index is 11.9. The Kier molecular flexibility index (Phi) is 5.41. The van der Waals surface area contributed by atoms with Gasteiger partial charge in [-0.15, -0.1) is 0 Å². The average molecular weight is 279 g/mol. The summed E-state index contributed by atoms with van der Waals surface area (Å²) in [6.07, 6.45) is 0.433. The number of rotatable bonds is 2. The molecule has 1 aromatic carbocycles. The van der Waals surface area contributed by atoms with Crippen molar-refractivity contribution in [2.75, 3.05) is 11.9 Å². The lowest BCUT2D eigenvalue weighted by atomic mass is 9.92. The zero-order valence-corrected chi connectivity index (χ0v) is 12.3. The molecule has 0 aliphatic rings. The highest BCUT2D eigenvalue weighted by atomic mass is 35.5. The Bertz CT molecular complexity index is 521. The average Bonchev–Trinajstić information content (AvgIpc) is 2.27. The number of amides is 1. The van der Waals surface area contributed by atoms with E-state index in [0.29, 0.717) is 23.7 Å². The number of halogens is 1. The normalized spacial score (nSPS) is 10.6. The maximum atomic E-state index is 11.9. The van der Waals surface area contributed by atoms with Crippen LogP contribution in [0.4, 0.5) is 5.69 Å². The number of carbonyl (C=O) groups is 1. The van der Waals surface area contributed by atoms with E-state index in [4.69, 9.17) is 17.3 Å². The van der Waals surface area contributed by atoms with Gasteiger partial charge in [0.15, 0.2) is 0 Å². The third-order valence-electron chi connectivity index (χ3n) is 2.27. The van der Waals surface area contributed by atoms with Crippen LogP contribution in [0.1, 0.15) is 32.8 Å². The Morgan fingerprint density at radius 1 is 1.42 bits per heavy atom. The highest BCUT2D eigenvalue weighted by Crippen LogP contribution is 2.25. The number of nitrogens with two attached hydrogens (primary N) is 1. The third kappa shape index (κ3) is 5.78. The summed E-state index contributed by atoms with van der Waals surface area (Å²) in [5.41, 5.74) is 6.62. The first-order valence-electron chi connectivity index (χ1n) is 6.10. The fourth-order valence-corrected chi connectivity index (χ4v) is 1.69. The van der Waals surface area contributed by atoms with Crippen LogP contribution in [-0.2, 0) is 4.79 Å². The lowest BCUT2D eigenvalue weighted by molar-refractivity contribution is -0.117. The molecule has 0 atom stereocenters. The molecule has 0 saturated heterocycles. The van der Waals surface area contributed by atoms with Gasteiger partial charge in [-0.1, -0.05) is 44.2 Å². The highest BCUT2D eigenvalue weighted by molar-refractivity contribution is 6.33. The number of hydrogen-bond acceptors (Lipinski definition) is 2. The summed E-state index contributed by atoms with van der Waals surface area (Å²) >= 11 is 6.06. The molecule has 0 heterocycles. The van der Waals surface area contributed by atoms with Gasteiger partial charge < -0.3 is 11.1 Å². The van der Waals surface area contributed by atoms with Crippen molar-refractivity contribution >= 4 is 23.2 Å². The van der Waals surface area contributed by atoms with Crippen molar-refractivity contribution in [1.29, 1.82) is 0 Å². The van der Waals surface area contributed by atoms with Crippen molar-refractivity contribution in [3.05, 3.63) is 28.8 Å². The summed E-state index contributed by atoms with van der Waals surface area (Å²) in [5.74, 6) is 5.62. The molecule has 19 heavy (non-hydrogen) atoms. The smallest absolute Gasteiger partial charge is 0.224 e. The van der Waals surface area contributed by atoms with Crippen molar-refractivity contribution in [2.45, 2.75) is 27.2 Å². The van der Waals surface area contributed by atoms with Crippen LogP contribution in [0, 0.1) is 17.3 Å². The first-order valence-corrected chi connectivity index (χ1v) is 6.48. The molecule has 0 aliphatic carbocycles. The van der Waals surface area contributed by atoms with Crippen LogP contribution < -0.4 is 11.1 Å². The van der Waals surface area contributed by atoms with E-state index in [1.807, 2.05) is 20.8 Å². The molecule has 0 radical (unpaired) electrons. The molecule has 0 fully saturated rings. The maximum Gasteiger partial charge on any atom is 0.224 e. The molecule has 0 aromatic heterocycles. The highest BCUT2D eigenvalue weighted by Gasteiger charge is 2.16. The van der Waals surface area contributed by atoms with Crippen LogP contribution in [0.3, 0.4) is 0 Å². The van der Waals surface area contributed by atoms with E-state index in [0.717, 1.165) is 5.56 Å². The number of anilines is 1. The van der Waals surface area contributed by atoms with E-state index in [-0.39, 0.29) is 11.3 Å². The van der Waals surface area contributed by atoms with Crippen LogP contribution in [0.15, 0.2) is 18.2 Å². The van der Waals surface area contributed by atoms with Gasteiger partial charge in [-0.3, -0.25) is 4.79 Å². The van der Waals surface area contributed by atoms with Crippen LogP contribution in [0.25, 0.3) is 0 Å². The molecule has 4 heteroatoms. The molecule has 1 rings (SSSR count). The zero-order valence-electron chi connectivity index (χ0n) is 11.5. The van der Waals surface area contributed by atoms with E-state index >= 15 is 0 Å². The first-order chi connectivity index (χ1) is 8.81. The Labute approximate surface area is 119 Å². The van der Waals surface area contributed by atoms with Gasteiger partial charge in [0.2, 0.25) is 5.91 Å². The summed E-state index contributed by atoms with van der Waals surface area (Å²) in [5, 5.41) is 3.31. The molecule has 0 unspecified atom stereocenters. The number of benzene rings is 1. The summed E-state index contributed by atoms with van der Waals surface area (Å²) in [7, 11) is 0. The molecular formula is C15H19ClN2O. The topological polar surface area (TPSA) is 55.1 Å². The van der Waals surface area contributed by atoms with Gasteiger partial charge in [-0.25, -0.2) is 0 Å². The van der Waals surface area contributed by atoms with Gasteiger partial charge in [-0.05, 0) is 23.6 Å². The van der Waals surface area contributed by atoms with Crippen molar-refractivity contribution < 1.29 is 4.79 Å². The molecule has 3 N–H and O–H groups in total. The van der Waals surface area contributed by atoms with Gasteiger partial charge in [-0.2, -0.15) is 0 Å². The lowest BCUT2D eigenvalue weighted by Crippen LogP contribution is -2.19. The summed E-state index contributed by atoms with van der Waals surface area (Å²) in [6, 6.07) is 5.27. The van der Waals surface area contributed by atoms with Crippen molar-refractivity contribution in [3.8, 4) is 11.8 Å². The van der Waals surface area contributed by atoms with Crippen LogP contribution >= 0.6 is 11.6 Å². The Morgan fingerprint density at radius 3 is 2.68 bits per heavy atom. The van der Waals surface area contributed by atoms with Crippen LogP contribution in [0.2, 0.25) is 5.02 Å². The van der Waals surface area contributed by atoms with Gasteiger partial charge in [0.1, 0.15) is 0 Å². The van der Waals surface area contributed by atoms with Crippen molar-refractivity contribution in [1.82, 2.24) is 0 Å². The quantitative estimate of drug-likeness (QED) is 0.817. The Balaban J connectivity index is 2.85. The summed E-state index contributed by atoms with van der Waals surface area (Å²) in [4.78, 5) is 11.9. The van der Waals surface area contributed by atoms with E-state index in [2.05, 4.69) is 17.2 Å². The van der Waals surface area contributed by atoms with Crippen LogP contribution in [0.5, 0.6) is 0 Å². The van der Waals surface area contributed by atoms with E-state index in [1.165, 1.54) is 0 Å². The predicted molar refractivity (Wildman–Crippen MR) is 80.1 cm³/mol. The largest absolute Gasteiger partial charge is 0.325 e. The summed E-state index contributed by atoms with van der Waals surface area (Å²) < 4.78 is 0. The fraction of sp³-hybridized carbons (Fsp3) is 0.400. The second kappa shape index (κ2) is 6.60. The monoisotopic (exact) mass is 278 g/mol. The van der Waals surface area contributed by atoms with E-state index in [1.54, 1.807) is 18.2 Å². The van der Waals surface area contributed by atoms with Gasteiger partial charge in [0, 0.05) is 12.0 Å². The second-order valence-corrected chi connectivity index (χ2v) is 5.89. The van der Waals surface area contributed by atoms with E-state index < -0.39 is 0 Å². The predicted octanol–water partition coefficient (Wildman–Crippen LogP) is 3.02. The number of nitrogens with one attached hydrogen (secondary N) is 1. The third-order valence-corrected chi connectivity index (χ3v) is 2.60. The minimum Gasteiger partial charge on any atom is -0.325 e. The molecule has 0 saturated carbocycles. The SMILES string of the molecule is CC(C)(C)CC(=O)Nc1cc(C#CCN)ccc1Cl. The first kappa shape index (κ1) is 15.6. The molecular weight excluding hydrogens is 260 g/mol. The van der Waals surface area contributed by atoms with Crippen molar-refractivity contribution in [3.63, 3.8) is 0 Å². The Morgan fingerprint density at radius 2 is 2.11 bits per heavy atom. The summed E-state index contributed by atoms with van der Waals surface area (Å²) in [6.45, 7) is 6.33. The lowest BCUT2D eigenvalue weighted by Gasteiger charge is -2.17. The second-order valence-electron chi connectivity index (χ2n) is 5.49. The fourth-order valence-electron chi connectivity index (χ4n) is 1.53. The van der Waals surface area contributed by atoms with Gasteiger partial charge in [0.25, 0.3) is 0 Å². The minimum atomic E-state index is -0.0620. The van der Waals surface area contributed by atoms with E-state index in [9.17, 15) is 4.79 Å². The molecule has 3 nitrogen and oxygen atoms in total. The van der Waals surface area contributed by atoms with Gasteiger partial charge in [0.05, 0.1) is 17.3 Å².